The standard InChI is InChI=1S/C19H21BrN4O/c20-15-6-7-17-16(12-15)22-19(21)24(17)13-18(14-4-2-1-3-5-14)23-8-10-25-11-9-23/h1-7,12,18H,8-11,13H2,(H2,21,22). The van der Waals surface area contributed by atoms with E-state index < -0.39 is 0 Å². The zero-order valence-electron chi connectivity index (χ0n) is 13.9. The van der Waals surface area contributed by atoms with E-state index in [-0.39, 0.29) is 6.04 Å². The number of imidazole rings is 1. The number of rotatable bonds is 4. The molecule has 1 aliphatic heterocycles. The van der Waals surface area contributed by atoms with Crippen molar-refractivity contribution in [3.05, 3.63) is 58.6 Å². The Bertz CT molecular complexity index is 858. The van der Waals surface area contributed by atoms with E-state index >= 15 is 0 Å². The molecule has 1 fully saturated rings. The van der Waals surface area contributed by atoms with Gasteiger partial charge in [0.15, 0.2) is 0 Å². The zero-order chi connectivity index (χ0) is 17.2. The predicted molar refractivity (Wildman–Crippen MR) is 103 cm³/mol. The summed E-state index contributed by atoms with van der Waals surface area (Å²) in [5.74, 6) is 0.558. The number of fused-ring (bicyclic) bond motifs is 1. The van der Waals surface area contributed by atoms with Gasteiger partial charge in [-0.3, -0.25) is 4.90 Å². The van der Waals surface area contributed by atoms with Gasteiger partial charge in [-0.05, 0) is 23.8 Å². The van der Waals surface area contributed by atoms with Crippen molar-refractivity contribution < 1.29 is 4.74 Å². The number of nitrogens with two attached hydrogens (primary N) is 1. The number of anilines is 1. The van der Waals surface area contributed by atoms with Crippen LogP contribution in [0.4, 0.5) is 5.95 Å². The molecule has 130 valence electrons. The third kappa shape index (κ3) is 3.42. The third-order valence-electron chi connectivity index (χ3n) is 4.77. The maximum absolute atomic E-state index is 6.25. The number of nitrogen functional groups attached to an aromatic ring is 1. The molecule has 2 N–H and O–H groups in total. The number of halogens is 1. The summed E-state index contributed by atoms with van der Waals surface area (Å²) in [7, 11) is 0. The summed E-state index contributed by atoms with van der Waals surface area (Å²) in [6, 6.07) is 17.0. The van der Waals surface area contributed by atoms with Crippen molar-refractivity contribution in [3.63, 3.8) is 0 Å². The number of hydrogen-bond donors (Lipinski definition) is 1. The van der Waals surface area contributed by atoms with Crippen LogP contribution in [0.15, 0.2) is 53.0 Å². The molecule has 5 nitrogen and oxygen atoms in total. The van der Waals surface area contributed by atoms with Crippen molar-refractivity contribution in [3.8, 4) is 0 Å². The van der Waals surface area contributed by atoms with Gasteiger partial charge in [0, 0.05) is 24.1 Å². The van der Waals surface area contributed by atoms with Crippen molar-refractivity contribution >= 4 is 32.9 Å². The molecule has 1 aromatic heterocycles. The Balaban J connectivity index is 1.72. The van der Waals surface area contributed by atoms with Crippen LogP contribution < -0.4 is 5.73 Å². The van der Waals surface area contributed by atoms with Gasteiger partial charge in [0.25, 0.3) is 0 Å². The second kappa shape index (κ2) is 7.15. The van der Waals surface area contributed by atoms with E-state index in [4.69, 9.17) is 10.5 Å². The number of ether oxygens (including phenoxy) is 1. The number of benzene rings is 2. The van der Waals surface area contributed by atoms with E-state index in [0.29, 0.717) is 5.95 Å². The highest BCUT2D eigenvalue weighted by molar-refractivity contribution is 9.10. The first-order valence-corrected chi connectivity index (χ1v) is 9.29. The topological polar surface area (TPSA) is 56.3 Å². The summed E-state index contributed by atoms with van der Waals surface area (Å²) in [6.07, 6.45) is 0. The molecule has 0 saturated carbocycles. The van der Waals surface area contributed by atoms with Gasteiger partial charge in [-0.2, -0.15) is 0 Å². The Morgan fingerprint density at radius 3 is 2.64 bits per heavy atom. The molecule has 0 aliphatic carbocycles. The molecule has 1 aliphatic rings. The van der Waals surface area contributed by atoms with Gasteiger partial charge in [-0.15, -0.1) is 0 Å². The quantitative estimate of drug-likeness (QED) is 0.728. The van der Waals surface area contributed by atoms with Crippen LogP contribution in [-0.4, -0.2) is 40.8 Å². The average molecular weight is 401 g/mol. The van der Waals surface area contributed by atoms with E-state index in [1.165, 1.54) is 5.56 Å². The molecule has 2 aromatic carbocycles. The molecule has 4 rings (SSSR count). The van der Waals surface area contributed by atoms with E-state index in [0.717, 1.165) is 48.4 Å². The van der Waals surface area contributed by atoms with Crippen LogP contribution in [0.3, 0.4) is 0 Å². The Kier molecular flexibility index (Phi) is 4.74. The van der Waals surface area contributed by atoms with Gasteiger partial charge < -0.3 is 15.0 Å². The fourth-order valence-electron chi connectivity index (χ4n) is 3.48. The van der Waals surface area contributed by atoms with Crippen LogP contribution in [0.25, 0.3) is 11.0 Å². The minimum absolute atomic E-state index is 0.244. The lowest BCUT2D eigenvalue weighted by Gasteiger charge is -2.35. The van der Waals surface area contributed by atoms with Gasteiger partial charge >= 0.3 is 0 Å². The maximum atomic E-state index is 6.25. The summed E-state index contributed by atoms with van der Waals surface area (Å²) in [5.41, 5.74) is 9.53. The van der Waals surface area contributed by atoms with Crippen molar-refractivity contribution in [2.45, 2.75) is 12.6 Å². The van der Waals surface area contributed by atoms with Crippen molar-refractivity contribution in [2.24, 2.45) is 0 Å². The molecular weight excluding hydrogens is 380 g/mol. The van der Waals surface area contributed by atoms with Crippen LogP contribution in [0.2, 0.25) is 0 Å². The summed E-state index contributed by atoms with van der Waals surface area (Å²) in [5, 5.41) is 0. The molecule has 25 heavy (non-hydrogen) atoms. The molecular formula is C19H21BrN4O. The number of aromatic nitrogens is 2. The highest BCUT2D eigenvalue weighted by Crippen LogP contribution is 2.28. The Hall–Kier alpha value is -1.89. The minimum atomic E-state index is 0.244. The Morgan fingerprint density at radius 1 is 1.12 bits per heavy atom. The van der Waals surface area contributed by atoms with Gasteiger partial charge in [0.2, 0.25) is 5.95 Å². The Morgan fingerprint density at radius 2 is 1.88 bits per heavy atom. The molecule has 0 bridgehead atoms. The summed E-state index contributed by atoms with van der Waals surface area (Å²) < 4.78 is 8.67. The van der Waals surface area contributed by atoms with Gasteiger partial charge in [0.05, 0.1) is 30.3 Å². The highest BCUT2D eigenvalue weighted by Gasteiger charge is 2.24. The largest absolute Gasteiger partial charge is 0.379 e. The average Bonchev–Trinajstić information content (AvgIpc) is 2.95. The van der Waals surface area contributed by atoms with E-state index in [1.807, 2.05) is 12.1 Å². The molecule has 1 saturated heterocycles. The first-order chi connectivity index (χ1) is 12.2. The molecule has 0 spiro atoms. The van der Waals surface area contributed by atoms with E-state index in [2.05, 4.69) is 66.8 Å². The molecule has 1 unspecified atom stereocenters. The van der Waals surface area contributed by atoms with Crippen LogP contribution >= 0.6 is 15.9 Å². The zero-order valence-corrected chi connectivity index (χ0v) is 15.5. The second-order valence-electron chi connectivity index (χ2n) is 6.29. The minimum Gasteiger partial charge on any atom is -0.379 e. The highest BCUT2D eigenvalue weighted by atomic mass is 79.9. The lowest BCUT2D eigenvalue weighted by atomic mass is 10.0. The lowest BCUT2D eigenvalue weighted by Crippen LogP contribution is -2.40. The SMILES string of the molecule is Nc1nc2cc(Br)ccc2n1CC(c1ccccc1)N1CCOCC1. The number of hydrogen-bond acceptors (Lipinski definition) is 4. The monoisotopic (exact) mass is 400 g/mol. The number of morpholine rings is 1. The van der Waals surface area contributed by atoms with Crippen molar-refractivity contribution in [1.82, 2.24) is 14.5 Å². The first-order valence-electron chi connectivity index (χ1n) is 8.50. The first kappa shape index (κ1) is 16.6. The molecule has 3 aromatic rings. The van der Waals surface area contributed by atoms with Gasteiger partial charge in [-0.25, -0.2) is 4.98 Å². The smallest absolute Gasteiger partial charge is 0.201 e. The fourth-order valence-corrected chi connectivity index (χ4v) is 3.83. The van der Waals surface area contributed by atoms with Crippen LogP contribution in [0.1, 0.15) is 11.6 Å². The maximum Gasteiger partial charge on any atom is 0.201 e. The van der Waals surface area contributed by atoms with Crippen LogP contribution in [-0.2, 0) is 11.3 Å². The van der Waals surface area contributed by atoms with Crippen molar-refractivity contribution in [1.29, 1.82) is 0 Å². The lowest BCUT2D eigenvalue weighted by molar-refractivity contribution is 0.0127. The Labute approximate surface area is 155 Å². The summed E-state index contributed by atoms with van der Waals surface area (Å²) >= 11 is 3.50. The van der Waals surface area contributed by atoms with E-state index in [1.54, 1.807) is 0 Å². The number of nitrogens with zero attached hydrogens (tertiary/aromatic N) is 3. The van der Waals surface area contributed by atoms with Gasteiger partial charge in [-0.1, -0.05) is 46.3 Å². The third-order valence-corrected chi connectivity index (χ3v) is 5.26. The predicted octanol–water partition coefficient (Wildman–Crippen LogP) is 3.45. The van der Waals surface area contributed by atoms with Crippen molar-refractivity contribution in [2.75, 3.05) is 32.0 Å². The van der Waals surface area contributed by atoms with E-state index in [9.17, 15) is 0 Å². The second-order valence-corrected chi connectivity index (χ2v) is 7.20. The molecule has 0 radical (unpaired) electrons. The van der Waals surface area contributed by atoms with Crippen LogP contribution in [0, 0.1) is 0 Å². The van der Waals surface area contributed by atoms with Crippen LogP contribution in [0.5, 0.6) is 0 Å². The molecule has 2 heterocycles. The molecule has 0 amide bonds. The normalized spacial score (nSPS) is 17.0. The summed E-state index contributed by atoms with van der Waals surface area (Å²) in [4.78, 5) is 7.01. The van der Waals surface area contributed by atoms with Gasteiger partial charge in [0.1, 0.15) is 0 Å². The molecule has 6 heteroatoms. The molecule has 1 atom stereocenters. The summed E-state index contributed by atoms with van der Waals surface area (Å²) in [6.45, 7) is 4.18. The fraction of sp³-hybridized carbons (Fsp3) is 0.316.